The number of benzene rings is 1. The Morgan fingerprint density at radius 2 is 2.28 bits per heavy atom. The van der Waals surface area contributed by atoms with Crippen LogP contribution in [0.25, 0.3) is 0 Å². The summed E-state index contributed by atoms with van der Waals surface area (Å²) in [5.74, 6) is 1.65. The van der Waals surface area contributed by atoms with Gasteiger partial charge in [0.1, 0.15) is 5.75 Å². The van der Waals surface area contributed by atoms with Crippen molar-refractivity contribution in [2.24, 2.45) is 0 Å². The summed E-state index contributed by atoms with van der Waals surface area (Å²) in [6, 6.07) is 5.88. The molecule has 1 heterocycles. The number of halogens is 1. The fraction of sp³-hybridized carbons (Fsp3) is 0.308. The monoisotopic (exact) mass is 309 g/mol. The molecule has 0 amide bonds. The summed E-state index contributed by atoms with van der Waals surface area (Å²) >= 11 is 3.43. The van der Waals surface area contributed by atoms with Crippen molar-refractivity contribution in [3.8, 4) is 5.75 Å². The van der Waals surface area contributed by atoms with Gasteiger partial charge in [0.2, 0.25) is 5.95 Å². The molecular weight excluding hydrogens is 294 g/mol. The molecule has 0 spiro atoms. The lowest BCUT2D eigenvalue weighted by atomic mass is 10.3. The predicted octanol–water partition coefficient (Wildman–Crippen LogP) is 3.81. The fourth-order valence-electron chi connectivity index (χ4n) is 1.72. The van der Waals surface area contributed by atoms with Crippen molar-refractivity contribution in [3.05, 3.63) is 35.1 Å². The Hall–Kier alpha value is -1.49. The number of ether oxygens (including phenoxy) is 1. The number of anilines is 2. The quantitative estimate of drug-likeness (QED) is 0.913. The molecule has 0 aliphatic rings. The van der Waals surface area contributed by atoms with Crippen molar-refractivity contribution >= 4 is 27.6 Å². The Morgan fingerprint density at radius 1 is 1.44 bits per heavy atom. The van der Waals surface area contributed by atoms with Crippen LogP contribution in [0.3, 0.4) is 0 Å². The van der Waals surface area contributed by atoms with Crippen molar-refractivity contribution in [2.75, 3.05) is 12.4 Å². The Kier molecular flexibility index (Phi) is 4.25. The van der Waals surface area contributed by atoms with Gasteiger partial charge >= 0.3 is 0 Å². The zero-order valence-electron chi connectivity index (χ0n) is 10.5. The number of aromatic nitrogens is 2. The van der Waals surface area contributed by atoms with Crippen LogP contribution >= 0.6 is 15.9 Å². The van der Waals surface area contributed by atoms with E-state index in [0.717, 1.165) is 34.8 Å². The highest BCUT2D eigenvalue weighted by atomic mass is 79.9. The number of nitrogens with one attached hydrogen (secondary N) is 1. The maximum atomic E-state index is 5.27. The highest BCUT2D eigenvalue weighted by Gasteiger charge is 2.05. The third kappa shape index (κ3) is 2.85. The molecule has 5 heteroatoms. The van der Waals surface area contributed by atoms with Crippen molar-refractivity contribution in [2.45, 2.75) is 19.9 Å². The molecule has 0 aliphatic heterocycles. The van der Waals surface area contributed by atoms with Gasteiger partial charge in [0.25, 0.3) is 0 Å². The first-order valence-electron chi connectivity index (χ1n) is 5.86. The summed E-state index contributed by atoms with van der Waals surface area (Å²) < 4.78 is 8.30. The molecule has 2 rings (SSSR count). The topological polar surface area (TPSA) is 39.1 Å². The van der Waals surface area contributed by atoms with Gasteiger partial charge in [0.15, 0.2) is 0 Å². The normalized spacial score (nSPS) is 10.4. The smallest absolute Gasteiger partial charge is 0.207 e. The number of aryl methyl sites for hydroxylation is 1. The number of hydrogen-bond acceptors (Lipinski definition) is 3. The number of hydrogen-bond donors (Lipinski definition) is 1. The number of imidazole rings is 1. The summed E-state index contributed by atoms with van der Waals surface area (Å²) in [5.41, 5.74) is 0.957. The molecule has 0 fully saturated rings. The van der Waals surface area contributed by atoms with E-state index < -0.39 is 0 Å². The first-order chi connectivity index (χ1) is 8.74. The molecule has 1 aromatic carbocycles. The Morgan fingerprint density at radius 3 is 3.00 bits per heavy atom. The van der Waals surface area contributed by atoms with Gasteiger partial charge < -0.3 is 14.6 Å². The van der Waals surface area contributed by atoms with Gasteiger partial charge in [-0.2, -0.15) is 0 Å². The van der Waals surface area contributed by atoms with E-state index in [4.69, 9.17) is 4.74 Å². The lowest BCUT2D eigenvalue weighted by molar-refractivity contribution is 0.412. The second-order valence-electron chi connectivity index (χ2n) is 3.92. The van der Waals surface area contributed by atoms with Gasteiger partial charge in [-0.15, -0.1) is 0 Å². The van der Waals surface area contributed by atoms with Gasteiger partial charge in [-0.3, -0.25) is 0 Å². The average molecular weight is 310 g/mol. The molecular formula is C13H16BrN3O. The molecule has 0 atom stereocenters. The van der Waals surface area contributed by atoms with Crippen LogP contribution in [0.1, 0.15) is 13.3 Å². The second kappa shape index (κ2) is 5.91. The van der Waals surface area contributed by atoms with E-state index in [9.17, 15) is 0 Å². The maximum Gasteiger partial charge on any atom is 0.207 e. The Labute approximate surface area is 115 Å². The van der Waals surface area contributed by atoms with Gasteiger partial charge in [-0.05, 0) is 34.5 Å². The minimum atomic E-state index is 0.800. The third-order valence-electron chi connectivity index (χ3n) is 2.59. The predicted molar refractivity (Wildman–Crippen MR) is 76.5 cm³/mol. The van der Waals surface area contributed by atoms with Crippen LogP contribution in [0.15, 0.2) is 35.1 Å². The number of rotatable bonds is 5. The molecule has 0 saturated carbocycles. The van der Waals surface area contributed by atoms with Gasteiger partial charge in [-0.1, -0.05) is 6.92 Å². The van der Waals surface area contributed by atoms with Gasteiger partial charge in [0.05, 0.1) is 11.6 Å². The zero-order valence-corrected chi connectivity index (χ0v) is 12.1. The van der Waals surface area contributed by atoms with E-state index in [1.54, 1.807) is 13.3 Å². The molecule has 0 radical (unpaired) electrons. The van der Waals surface area contributed by atoms with Gasteiger partial charge in [-0.25, -0.2) is 4.98 Å². The highest BCUT2D eigenvalue weighted by Crippen LogP contribution is 2.29. The van der Waals surface area contributed by atoms with E-state index in [1.165, 1.54) is 0 Å². The molecule has 1 N–H and O–H groups in total. The molecule has 1 aromatic heterocycles. The summed E-state index contributed by atoms with van der Waals surface area (Å²) in [6.07, 6.45) is 4.85. The Balaban J connectivity index is 2.20. The molecule has 18 heavy (non-hydrogen) atoms. The molecule has 0 bridgehead atoms. The van der Waals surface area contributed by atoms with Crippen molar-refractivity contribution < 1.29 is 4.74 Å². The van der Waals surface area contributed by atoms with E-state index >= 15 is 0 Å². The average Bonchev–Trinajstić information content (AvgIpc) is 2.80. The van der Waals surface area contributed by atoms with Gasteiger partial charge in [0, 0.05) is 30.7 Å². The zero-order chi connectivity index (χ0) is 13.0. The van der Waals surface area contributed by atoms with E-state index in [2.05, 4.69) is 37.7 Å². The summed E-state index contributed by atoms with van der Waals surface area (Å²) in [7, 11) is 1.65. The summed E-state index contributed by atoms with van der Waals surface area (Å²) in [6.45, 7) is 3.10. The lowest BCUT2D eigenvalue weighted by Gasteiger charge is -2.10. The van der Waals surface area contributed by atoms with Crippen LogP contribution in [0.4, 0.5) is 11.6 Å². The lowest BCUT2D eigenvalue weighted by Crippen LogP contribution is -2.02. The van der Waals surface area contributed by atoms with E-state index in [0.29, 0.717) is 0 Å². The van der Waals surface area contributed by atoms with Crippen molar-refractivity contribution in [3.63, 3.8) is 0 Å². The fourth-order valence-corrected chi connectivity index (χ4v) is 2.13. The largest absolute Gasteiger partial charge is 0.495 e. The minimum absolute atomic E-state index is 0.800. The van der Waals surface area contributed by atoms with Crippen LogP contribution in [0.5, 0.6) is 5.75 Å². The molecule has 0 aliphatic carbocycles. The first-order valence-corrected chi connectivity index (χ1v) is 6.65. The molecule has 4 nitrogen and oxygen atoms in total. The number of nitrogens with zero attached hydrogens (tertiary/aromatic N) is 2. The number of methoxy groups -OCH3 is 1. The first kappa shape index (κ1) is 13.0. The third-order valence-corrected chi connectivity index (χ3v) is 3.24. The molecule has 2 aromatic rings. The molecule has 0 unspecified atom stereocenters. The van der Waals surface area contributed by atoms with Crippen LogP contribution in [-0.4, -0.2) is 16.7 Å². The van der Waals surface area contributed by atoms with Crippen molar-refractivity contribution in [1.82, 2.24) is 9.55 Å². The summed E-state index contributed by atoms with van der Waals surface area (Å²) in [5, 5.41) is 3.29. The van der Waals surface area contributed by atoms with Crippen LogP contribution in [0.2, 0.25) is 0 Å². The minimum Gasteiger partial charge on any atom is -0.495 e. The highest BCUT2D eigenvalue weighted by molar-refractivity contribution is 9.10. The SMILES string of the molecule is CCCn1ccnc1Nc1ccc(Br)c(OC)c1. The Bertz CT molecular complexity index is 525. The molecule has 96 valence electrons. The second-order valence-corrected chi connectivity index (χ2v) is 4.77. The van der Waals surface area contributed by atoms with Crippen molar-refractivity contribution in [1.29, 1.82) is 0 Å². The summed E-state index contributed by atoms with van der Waals surface area (Å²) in [4.78, 5) is 4.31. The van der Waals surface area contributed by atoms with Crippen LogP contribution in [-0.2, 0) is 6.54 Å². The van der Waals surface area contributed by atoms with E-state index in [-0.39, 0.29) is 0 Å². The standard InChI is InChI=1S/C13H16BrN3O/c1-3-7-17-8-6-15-13(17)16-10-4-5-11(14)12(9-10)18-2/h4-6,8-9H,3,7H2,1-2H3,(H,15,16). The van der Waals surface area contributed by atoms with E-state index in [1.807, 2.05) is 24.4 Å². The maximum absolute atomic E-state index is 5.27. The van der Waals surface area contributed by atoms with Crippen LogP contribution in [0, 0.1) is 0 Å². The molecule has 0 saturated heterocycles. The van der Waals surface area contributed by atoms with Crippen LogP contribution < -0.4 is 10.1 Å².